The van der Waals surface area contributed by atoms with Crippen molar-refractivity contribution in [2.75, 3.05) is 5.73 Å². The predicted octanol–water partition coefficient (Wildman–Crippen LogP) is 1.97. The smallest absolute Gasteiger partial charge is 0.368 e. The molecule has 2 rings (SSSR count). The van der Waals surface area contributed by atoms with Crippen molar-refractivity contribution in [3.63, 3.8) is 0 Å². The molecule has 0 fully saturated rings. The van der Waals surface area contributed by atoms with Gasteiger partial charge >= 0.3 is 6.18 Å². The highest BCUT2D eigenvalue weighted by Crippen LogP contribution is 2.29. The summed E-state index contributed by atoms with van der Waals surface area (Å²) in [5.74, 6) is -3.47. The zero-order chi connectivity index (χ0) is 17.6. The number of nitrogens with zero attached hydrogens (tertiary/aromatic N) is 3. The Hall–Kier alpha value is -2.28. The van der Waals surface area contributed by atoms with Crippen LogP contribution in [0.15, 0.2) is 17.0 Å². The molecule has 0 saturated heterocycles. The maximum Gasteiger partial charge on any atom is 0.453 e. The summed E-state index contributed by atoms with van der Waals surface area (Å²) in [4.78, 5) is 2.31. The van der Waals surface area contributed by atoms with Gasteiger partial charge in [-0.25, -0.2) is 4.39 Å². The number of halogens is 5. The predicted molar refractivity (Wildman–Crippen MR) is 72.4 cm³/mol. The molecule has 0 aliphatic heterocycles. The molecular weight excluding hydrogens is 363 g/mol. The van der Waals surface area contributed by atoms with E-state index in [9.17, 15) is 26.0 Å². The third kappa shape index (κ3) is 3.62. The lowest BCUT2D eigenvalue weighted by Crippen LogP contribution is -2.11. The van der Waals surface area contributed by atoms with Crippen molar-refractivity contribution in [1.29, 1.82) is 0 Å². The van der Waals surface area contributed by atoms with Gasteiger partial charge in [0.25, 0.3) is 15.9 Å². The molecule has 1 heterocycles. The number of hydrogen-bond acceptors (Lipinski definition) is 5. The van der Waals surface area contributed by atoms with Crippen LogP contribution in [0.3, 0.4) is 0 Å². The number of anilines is 1. The zero-order valence-electron chi connectivity index (χ0n) is 11.9. The van der Waals surface area contributed by atoms with Gasteiger partial charge in [0.05, 0.1) is 4.90 Å². The summed E-state index contributed by atoms with van der Waals surface area (Å²) in [5, 5.41) is 3.03. The number of aromatic nitrogens is 3. The van der Waals surface area contributed by atoms with Gasteiger partial charge in [-0.3, -0.25) is 9.26 Å². The molecule has 0 atom stereocenters. The molecule has 7 nitrogen and oxygen atoms in total. The average molecular weight is 374 g/mol. The normalized spacial score (nSPS) is 12.1. The van der Waals surface area contributed by atoms with Crippen LogP contribution in [0.1, 0.15) is 18.3 Å². The van der Waals surface area contributed by atoms with Crippen LogP contribution in [0.4, 0.5) is 28.2 Å². The van der Waals surface area contributed by atoms with Crippen LogP contribution in [0, 0.1) is 5.82 Å². The van der Waals surface area contributed by atoms with E-state index in [2.05, 4.69) is 10.1 Å². The third-order valence-electron chi connectivity index (χ3n) is 2.90. The van der Waals surface area contributed by atoms with Crippen molar-refractivity contribution in [2.45, 2.75) is 24.4 Å². The Morgan fingerprint density at radius 2 is 1.92 bits per heavy atom. The lowest BCUT2D eigenvalue weighted by molar-refractivity contribution is -0.144. The van der Waals surface area contributed by atoms with E-state index in [4.69, 9.17) is 10.3 Å². The van der Waals surface area contributed by atoms with E-state index in [0.29, 0.717) is 10.7 Å². The van der Waals surface area contributed by atoms with Gasteiger partial charge in [0.15, 0.2) is 0 Å². The van der Waals surface area contributed by atoms with Gasteiger partial charge in [0.2, 0.25) is 5.95 Å². The quantitative estimate of drug-likeness (QED) is 0.628. The Balaban J connectivity index is 0.00000288. The molecule has 2 aromatic rings. The van der Waals surface area contributed by atoms with Gasteiger partial charge in [-0.05, 0) is 24.1 Å². The van der Waals surface area contributed by atoms with E-state index >= 15 is 0 Å². The molecule has 0 amide bonds. The molecule has 0 aliphatic rings. The van der Waals surface area contributed by atoms with Crippen LogP contribution in [0.5, 0.6) is 0 Å². The summed E-state index contributed by atoms with van der Waals surface area (Å²) in [5.41, 5.74) is 4.54. The fraction of sp³-hybridized carbons (Fsp3) is 0.273. The molecule has 13 heteroatoms. The maximum atomic E-state index is 14.1. The Labute approximate surface area is 132 Å². The SMILES string of the molecule is CCc1cc(F)c(-n2nc(C(F)(F)F)nc2N)cc1S(=O)(=O)O.F. The van der Waals surface area contributed by atoms with Crippen molar-refractivity contribution in [2.24, 2.45) is 0 Å². The number of nitrogen functional groups attached to an aromatic ring is 1. The van der Waals surface area contributed by atoms with Gasteiger partial charge < -0.3 is 5.73 Å². The van der Waals surface area contributed by atoms with Crippen LogP contribution >= 0.6 is 0 Å². The first-order valence-corrected chi connectivity index (χ1v) is 7.49. The fourth-order valence-electron chi connectivity index (χ4n) is 1.88. The van der Waals surface area contributed by atoms with Gasteiger partial charge in [-0.15, -0.1) is 5.10 Å². The van der Waals surface area contributed by atoms with Crippen molar-refractivity contribution < 1.29 is 35.2 Å². The Kier molecular flexibility index (Phi) is 5.20. The number of hydrogen-bond donors (Lipinski definition) is 2. The van der Waals surface area contributed by atoms with Crippen molar-refractivity contribution in [1.82, 2.24) is 14.8 Å². The highest BCUT2D eigenvalue weighted by molar-refractivity contribution is 7.85. The van der Waals surface area contributed by atoms with Crippen molar-refractivity contribution in [3.05, 3.63) is 29.3 Å². The van der Waals surface area contributed by atoms with Crippen LogP contribution < -0.4 is 5.73 Å². The van der Waals surface area contributed by atoms with Gasteiger partial charge in [0.1, 0.15) is 11.5 Å². The first-order chi connectivity index (χ1) is 10.4. The average Bonchev–Trinajstić information content (AvgIpc) is 2.79. The molecule has 0 saturated carbocycles. The summed E-state index contributed by atoms with van der Waals surface area (Å²) in [6, 6.07) is 1.42. The summed E-state index contributed by atoms with van der Waals surface area (Å²) in [6.07, 6.45) is -4.85. The van der Waals surface area contributed by atoms with Gasteiger partial charge in [0, 0.05) is 0 Å². The summed E-state index contributed by atoms with van der Waals surface area (Å²) < 4.78 is 83.9. The lowest BCUT2D eigenvalue weighted by Gasteiger charge is -2.10. The van der Waals surface area contributed by atoms with Crippen molar-refractivity contribution in [3.8, 4) is 5.69 Å². The number of alkyl halides is 3. The minimum atomic E-state index is -4.91. The fourth-order valence-corrected chi connectivity index (χ4v) is 2.68. The molecule has 0 bridgehead atoms. The number of aryl methyl sites for hydroxylation is 1. The second-order valence-electron chi connectivity index (χ2n) is 4.44. The standard InChI is InChI=1S/C11H10F4N4O3S.FH/c1-2-5-3-6(12)7(4-8(5)23(20,21)22)19-10(16)17-9(18-19)11(13,14)15;/h3-4H,2H2,1H3,(H2,16,17,18)(H,20,21,22);1H. The van der Waals surface area contributed by atoms with E-state index in [1.54, 1.807) is 0 Å². The topological polar surface area (TPSA) is 111 Å². The van der Waals surface area contributed by atoms with Crippen LogP contribution in [0.25, 0.3) is 5.69 Å². The second kappa shape index (κ2) is 6.32. The highest BCUT2D eigenvalue weighted by Gasteiger charge is 2.37. The molecule has 0 spiro atoms. The van der Waals surface area contributed by atoms with E-state index in [1.165, 1.54) is 6.92 Å². The summed E-state index contributed by atoms with van der Waals surface area (Å²) in [6.45, 7) is 1.51. The molecular formula is C11H11F5N4O3S. The minimum Gasteiger partial charge on any atom is -0.368 e. The van der Waals surface area contributed by atoms with Crippen LogP contribution in [-0.2, 0) is 22.7 Å². The van der Waals surface area contributed by atoms with Crippen molar-refractivity contribution >= 4 is 16.1 Å². The summed E-state index contributed by atoms with van der Waals surface area (Å²) in [7, 11) is -4.72. The van der Waals surface area contributed by atoms with E-state index < -0.39 is 44.5 Å². The number of benzene rings is 1. The monoisotopic (exact) mass is 374 g/mol. The number of nitrogens with two attached hydrogens (primary N) is 1. The Bertz CT molecular complexity index is 863. The first-order valence-electron chi connectivity index (χ1n) is 6.05. The zero-order valence-corrected chi connectivity index (χ0v) is 12.7. The van der Waals surface area contributed by atoms with Crippen LogP contribution in [0.2, 0.25) is 0 Å². The summed E-state index contributed by atoms with van der Waals surface area (Å²) >= 11 is 0. The molecule has 24 heavy (non-hydrogen) atoms. The largest absolute Gasteiger partial charge is 0.453 e. The minimum absolute atomic E-state index is 0. The Morgan fingerprint density at radius 1 is 1.33 bits per heavy atom. The van der Waals surface area contributed by atoms with E-state index in [0.717, 1.165) is 6.07 Å². The Morgan fingerprint density at radius 3 is 2.33 bits per heavy atom. The van der Waals surface area contributed by atoms with Gasteiger partial charge in [-0.1, -0.05) is 6.92 Å². The molecule has 0 unspecified atom stereocenters. The first kappa shape index (κ1) is 19.8. The molecule has 1 aromatic carbocycles. The highest BCUT2D eigenvalue weighted by atomic mass is 32.2. The third-order valence-corrected chi connectivity index (χ3v) is 3.84. The lowest BCUT2D eigenvalue weighted by atomic mass is 10.1. The van der Waals surface area contributed by atoms with E-state index in [-0.39, 0.29) is 16.7 Å². The number of rotatable bonds is 3. The molecule has 1 aromatic heterocycles. The molecule has 134 valence electrons. The van der Waals surface area contributed by atoms with Crippen LogP contribution in [-0.4, -0.2) is 27.7 Å². The molecule has 0 aliphatic carbocycles. The molecule has 0 radical (unpaired) electrons. The van der Waals surface area contributed by atoms with Gasteiger partial charge in [-0.2, -0.15) is 31.3 Å². The molecule has 3 N–H and O–H groups in total. The maximum absolute atomic E-state index is 14.1. The second-order valence-corrected chi connectivity index (χ2v) is 5.83. The van der Waals surface area contributed by atoms with E-state index in [1.807, 2.05) is 0 Å².